The molecule has 0 aromatic heterocycles. The van der Waals surface area contributed by atoms with Crippen molar-refractivity contribution in [3.8, 4) is 0 Å². The second kappa shape index (κ2) is 4.85. The highest BCUT2D eigenvalue weighted by atomic mass is 32.2. The van der Waals surface area contributed by atoms with Gasteiger partial charge in [0.05, 0.1) is 6.10 Å². The van der Waals surface area contributed by atoms with Gasteiger partial charge >= 0.3 is 11.4 Å². The predicted octanol–water partition coefficient (Wildman–Crippen LogP) is -0.724. The van der Waals surface area contributed by atoms with Crippen LogP contribution in [0.3, 0.4) is 0 Å². The zero-order valence-electron chi connectivity index (χ0n) is 7.77. The molecule has 7 nitrogen and oxygen atoms in total. The van der Waals surface area contributed by atoms with Crippen molar-refractivity contribution in [2.75, 3.05) is 0 Å². The fraction of sp³-hybridized carbons (Fsp3) is 1.00. The highest BCUT2D eigenvalue weighted by Crippen LogP contribution is 2.26. The molecule has 0 heterocycles. The summed E-state index contributed by atoms with van der Waals surface area (Å²) in [6.07, 6.45) is -0.224. The molecule has 4 unspecified atom stereocenters. The summed E-state index contributed by atoms with van der Waals surface area (Å²) in [5.74, 6) is 0. The first-order valence-electron chi connectivity index (χ1n) is 4.30. The van der Waals surface area contributed by atoms with Crippen molar-refractivity contribution in [3.63, 3.8) is 0 Å². The first kappa shape index (κ1) is 13.0. The van der Waals surface area contributed by atoms with Gasteiger partial charge in [0.2, 0.25) is 0 Å². The highest BCUT2D eigenvalue weighted by molar-refractivity contribution is 7.86. The lowest BCUT2D eigenvalue weighted by molar-refractivity contribution is 0.150. The van der Waals surface area contributed by atoms with E-state index in [-0.39, 0.29) is 18.9 Å². The number of nitrogens with two attached hydrogens (primary N) is 1. The minimum Gasteiger partial charge on any atom is -0.328 e. The summed E-state index contributed by atoms with van der Waals surface area (Å²) in [4.78, 5) is 0. The summed E-state index contributed by atoms with van der Waals surface area (Å²) < 4.78 is 54.2. The van der Waals surface area contributed by atoms with E-state index in [2.05, 4.69) is 4.18 Å². The summed E-state index contributed by atoms with van der Waals surface area (Å²) in [5, 5.41) is -1.22. The first-order chi connectivity index (χ1) is 6.80. The third-order valence-electron chi connectivity index (χ3n) is 2.36. The van der Waals surface area contributed by atoms with Crippen LogP contribution in [0, 0.1) is 0 Å². The maximum atomic E-state index is 11.0. The molecule has 0 saturated heterocycles. The molecule has 0 spiro atoms. The molecule has 1 aliphatic rings. The van der Waals surface area contributed by atoms with Gasteiger partial charge in [-0.05, 0) is 19.3 Å². The Kier molecular flexibility index (Phi) is 4.20. The van der Waals surface area contributed by atoms with Gasteiger partial charge in [0, 0.05) is 6.04 Å². The van der Waals surface area contributed by atoms with Crippen molar-refractivity contribution in [3.05, 3.63) is 0 Å². The van der Waals surface area contributed by atoms with Gasteiger partial charge in [-0.1, -0.05) is 0 Å². The van der Waals surface area contributed by atoms with Crippen molar-refractivity contribution < 1.29 is 25.9 Å². The van der Waals surface area contributed by atoms with Gasteiger partial charge in [0.15, 0.2) is 0 Å². The molecule has 1 aliphatic carbocycles. The van der Waals surface area contributed by atoms with Gasteiger partial charge < -0.3 is 5.73 Å². The Bertz CT molecular complexity index is 342. The second-order valence-electron chi connectivity index (χ2n) is 3.48. The van der Waals surface area contributed by atoms with Gasteiger partial charge in [0.1, 0.15) is 5.25 Å². The number of hydrogen-bond acceptors (Lipinski definition) is 5. The topological polar surface area (TPSA) is 127 Å². The van der Waals surface area contributed by atoms with Gasteiger partial charge in [-0.3, -0.25) is 13.3 Å². The predicted molar refractivity (Wildman–Crippen MR) is 52.8 cm³/mol. The van der Waals surface area contributed by atoms with E-state index >= 15 is 0 Å². The molecule has 15 heavy (non-hydrogen) atoms. The van der Waals surface area contributed by atoms with Crippen LogP contribution in [0.2, 0.25) is 0 Å². The summed E-state index contributed by atoms with van der Waals surface area (Å²) in [7, 11) is -4.30. The molecule has 0 amide bonds. The minimum absolute atomic E-state index is 0.0285. The maximum Gasteiger partial charge on any atom is 0.302 e. The summed E-state index contributed by atoms with van der Waals surface area (Å²) in [6, 6.07) is -0.344. The zero-order valence-corrected chi connectivity index (χ0v) is 9.41. The lowest BCUT2D eigenvalue weighted by Gasteiger charge is -2.30. The molecule has 0 aliphatic heterocycles. The van der Waals surface area contributed by atoms with E-state index in [1.807, 2.05) is 0 Å². The molecular weight excluding hydrogens is 246 g/mol. The van der Waals surface area contributed by atoms with Crippen molar-refractivity contribution in [2.24, 2.45) is 5.73 Å². The van der Waals surface area contributed by atoms with Gasteiger partial charge in [-0.15, -0.1) is 0 Å². The molecule has 0 bridgehead atoms. The number of hydrogen-bond donors (Lipinski definition) is 3. The normalized spacial score (nSPS) is 35.0. The summed E-state index contributed by atoms with van der Waals surface area (Å²) in [6.45, 7) is 0. The quantitative estimate of drug-likeness (QED) is 0.450. The zero-order chi connectivity index (χ0) is 11.6. The van der Waals surface area contributed by atoms with Crippen molar-refractivity contribution >= 4 is 21.5 Å². The molecule has 4 N–H and O–H groups in total. The Morgan fingerprint density at radius 2 is 2.00 bits per heavy atom. The maximum absolute atomic E-state index is 11.0. The van der Waals surface area contributed by atoms with Gasteiger partial charge in [-0.25, -0.2) is 0 Å². The fourth-order valence-corrected chi connectivity index (χ4v) is 3.24. The molecule has 9 heteroatoms. The van der Waals surface area contributed by atoms with Crippen LogP contribution in [-0.2, 0) is 25.7 Å². The van der Waals surface area contributed by atoms with Gasteiger partial charge in [0.25, 0.3) is 10.1 Å². The molecule has 0 radical (unpaired) electrons. The Hall–Kier alpha value is -0.0600. The Balaban J connectivity index is 2.80. The molecule has 1 rings (SSSR count). The van der Waals surface area contributed by atoms with E-state index < -0.39 is 32.8 Å². The van der Waals surface area contributed by atoms with Crippen molar-refractivity contribution in [1.82, 2.24) is 0 Å². The third kappa shape index (κ3) is 3.78. The van der Waals surface area contributed by atoms with E-state index in [9.17, 15) is 12.6 Å². The Morgan fingerprint density at radius 3 is 2.47 bits per heavy atom. The van der Waals surface area contributed by atoms with Crippen LogP contribution in [0.15, 0.2) is 0 Å². The van der Waals surface area contributed by atoms with E-state index in [0.717, 1.165) is 0 Å². The molecular formula is C6H13NO6S2. The average molecular weight is 259 g/mol. The molecule has 0 aromatic carbocycles. The SMILES string of the molecule is NC1CCC(OS(=O)O)C(S(=O)(=O)O)C1. The number of rotatable bonds is 3. The Labute approximate surface area is 90.2 Å². The van der Waals surface area contributed by atoms with E-state index in [1.54, 1.807) is 0 Å². The summed E-state index contributed by atoms with van der Waals surface area (Å²) >= 11 is -2.55. The lowest BCUT2D eigenvalue weighted by atomic mass is 9.93. The third-order valence-corrected chi connectivity index (χ3v) is 4.03. The molecule has 0 aromatic rings. The van der Waals surface area contributed by atoms with Crippen LogP contribution in [0.25, 0.3) is 0 Å². The smallest absolute Gasteiger partial charge is 0.302 e. The fourth-order valence-electron chi connectivity index (χ4n) is 1.66. The van der Waals surface area contributed by atoms with Crippen LogP contribution >= 0.6 is 0 Å². The molecule has 90 valence electrons. The van der Waals surface area contributed by atoms with Crippen LogP contribution < -0.4 is 5.73 Å². The Morgan fingerprint density at radius 1 is 1.40 bits per heavy atom. The largest absolute Gasteiger partial charge is 0.328 e. The van der Waals surface area contributed by atoms with E-state index in [0.29, 0.717) is 6.42 Å². The molecule has 4 atom stereocenters. The van der Waals surface area contributed by atoms with Crippen LogP contribution in [-0.4, -0.2) is 39.1 Å². The minimum atomic E-state index is -4.30. The van der Waals surface area contributed by atoms with Crippen LogP contribution in [0.4, 0.5) is 0 Å². The summed E-state index contributed by atoms with van der Waals surface area (Å²) in [5.41, 5.74) is 5.55. The molecule has 1 saturated carbocycles. The monoisotopic (exact) mass is 259 g/mol. The second-order valence-corrected chi connectivity index (χ2v) is 5.74. The van der Waals surface area contributed by atoms with Crippen molar-refractivity contribution in [1.29, 1.82) is 0 Å². The van der Waals surface area contributed by atoms with E-state index in [4.69, 9.17) is 14.8 Å². The van der Waals surface area contributed by atoms with Crippen molar-refractivity contribution in [2.45, 2.75) is 36.7 Å². The lowest BCUT2D eigenvalue weighted by Crippen LogP contribution is -2.45. The van der Waals surface area contributed by atoms with Crippen LogP contribution in [0.5, 0.6) is 0 Å². The standard InChI is InChI=1S/C6H13NO6S2/c7-4-1-2-5(13-14(8)9)6(3-4)15(10,11)12/h4-6H,1-3,7H2,(H,8,9)(H,10,11,12). The average Bonchev–Trinajstić information content (AvgIpc) is 2.05. The highest BCUT2D eigenvalue weighted by Gasteiger charge is 2.39. The molecule has 1 fully saturated rings. The van der Waals surface area contributed by atoms with E-state index in [1.165, 1.54) is 0 Å². The first-order valence-corrected chi connectivity index (χ1v) is 6.84. The van der Waals surface area contributed by atoms with Gasteiger partial charge in [-0.2, -0.15) is 12.6 Å². The van der Waals surface area contributed by atoms with Crippen LogP contribution in [0.1, 0.15) is 19.3 Å².